The van der Waals surface area contributed by atoms with Gasteiger partial charge in [-0.3, -0.25) is 4.79 Å². The van der Waals surface area contributed by atoms with Crippen molar-refractivity contribution in [3.05, 3.63) is 0 Å². The standard InChI is InChI=1S/C13H24N6O2/c1-5-6-21-13-17-11(14)16-12(18-13)19(4)8-10(20)15-7-9(2)3/h9H,5-8H2,1-4H3,(H,15,20)(H2,14,16,17,18). The Bertz CT molecular complexity index is 466. The molecule has 0 unspecified atom stereocenters. The normalized spacial score (nSPS) is 10.5. The minimum atomic E-state index is -0.0961. The molecule has 0 bridgehead atoms. The van der Waals surface area contributed by atoms with Crippen molar-refractivity contribution >= 4 is 17.8 Å². The van der Waals surface area contributed by atoms with E-state index in [1.165, 1.54) is 0 Å². The Hall–Kier alpha value is -2.12. The lowest BCUT2D eigenvalue weighted by atomic mass is 10.2. The number of nitrogens with zero attached hydrogens (tertiary/aromatic N) is 4. The van der Waals surface area contributed by atoms with Gasteiger partial charge in [0.25, 0.3) is 0 Å². The molecular weight excluding hydrogens is 272 g/mol. The van der Waals surface area contributed by atoms with Gasteiger partial charge < -0.3 is 20.7 Å². The van der Waals surface area contributed by atoms with Crippen LogP contribution in [0.4, 0.5) is 11.9 Å². The van der Waals surface area contributed by atoms with Gasteiger partial charge in [0.05, 0.1) is 13.2 Å². The molecule has 21 heavy (non-hydrogen) atoms. The Kier molecular flexibility index (Phi) is 6.64. The van der Waals surface area contributed by atoms with Gasteiger partial charge in [0.15, 0.2) is 0 Å². The summed E-state index contributed by atoms with van der Waals surface area (Å²) in [6.07, 6.45) is 0.842. The molecular formula is C13H24N6O2. The molecule has 8 heteroatoms. The molecule has 0 aliphatic carbocycles. The number of ether oxygens (including phenoxy) is 1. The molecule has 0 aromatic carbocycles. The zero-order valence-electron chi connectivity index (χ0n) is 13.1. The third-order valence-electron chi connectivity index (χ3n) is 2.49. The lowest BCUT2D eigenvalue weighted by Gasteiger charge is -2.17. The third kappa shape index (κ3) is 6.24. The van der Waals surface area contributed by atoms with Gasteiger partial charge in [0.1, 0.15) is 0 Å². The van der Waals surface area contributed by atoms with Gasteiger partial charge >= 0.3 is 6.01 Å². The average Bonchev–Trinajstić information content (AvgIpc) is 2.42. The summed E-state index contributed by atoms with van der Waals surface area (Å²) in [6.45, 7) is 7.33. The first-order valence-electron chi connectivity index (χ1n) is 7.04. The van der Waals surface area contributed by atoms with Gasteiger partial charge in [-0.05, 0) is 12.3 Å². The quantitative estimate of drug-likeness (QED) is 0.717. The van der Waals surface area contributed by atoms with Crippen molar-refractivity contribution in [2.45, 2.75) is 27.2 Å². The first kappa shape index (κ1) is 16.9. The summed E-state index contributed by atoms with van der Waals surface area (Å²) in [4.78, 5) is 25.4. The first-order valence-corrected chi connectivity index (χ1v) is 7.04. The number of rotatable bonds is 8. The summed E-state index contributed by atoms with van der Waals surface area (Å²) in [6, 6.07) is 0.175. The van der Waals surface area contributed by atoms with Gasteiger partial charge in [0.2, 0.25) is 17.8 Å². The van der Waals surface area contributed by atoms with Crippen molar-refractivity contribution in [2.75, 3.05) is 37.4 Å². The molecule has 0 aliphatic heterocycles. The van der Waals surface area contributed by atoms with Crippen molar-refractivity contribution in [3.63, 3.8) is 0 Å². The van der Waals surface area contributed by atoms with Crippen LogP contribution < -0.4 is 20.7 Å². The summed E-state index contributed by atoms with van der Waals surface area (Å²) >= 11 is 0. The number of anilines is 2. The summed E-state index contributed by atoms with van der Waals surface area (Å²) in [5.74, 6) is 0.691. The molecule has 3 N–H and O–H groups in total. The van der Waals surface area contributed by atoms with Crippen molar-refractivity contribution in [1.82, 2.24) is 20.3 Å². The molecule has 0 spiro atoms. The fourth-order valence-corrected chi connectivity index (χ4v) is 1.45. The van der Waals surface area contributed by atoms with E-state index in [1.807, 2.05) is 20.8 Å². The molecule has 0 fully saturated rings. The Labute approximate surface area is 125 Å². The molecule has 1 amide bonds. The summed E-state index contributed by atoms with van der Waals surface area (Å²) < 4.78 is 5.34. The van der Waals surface area contributed by atoms with Gasteiger partial charge in [-0.15, -0.1) is 0 Å². The number of carbonyl (C=O) groups is 1. The lowest BCUT2D eigenvalue weighted by Crippen LogP contribution is -2.37. The van der Waals surface area contributed by atoms with Gasteiger partial charge in [-0.2, -0.15) is 15.0 Å². The number of nitrogen functional groups attached to an aromatic ring is 1. The molecule has 118 valence electrons. The minimum Gasteiger partial charge on any atom is -0.463 e. The third-order valence-corrected chi connectivity index (χ3v) is 2.49. The zero-order chi connectivity index (χ0) is 15.8. The van der Waals surface area contributed by atoms with Crippen LogP contribution in [0.3, 0.4) is 0 Å². The predicted molar refractivity (Wildman–Crippen MR) is 81.1 cm³/mol. The van der Waals surface area contributed by atoms with E-state index >= 15 is 0 Å². The molecule has 0 saturated carbocycles. The SMILES string of the molecule is CCCOc1nc(N)nc(N(C)CC(=O)NCC(C)C)n1. The van der Waals surface area contributed by atoms with Crippen molar-refractivity contribution in [3.8, 4) is 6.01 Å². The number of hydrogen-bond donors (Lipinski definition) is 2. The maximum Gasteiger partial charge on any atom is 0.323 e. The first-order chi connectivity index (χ1) is 9.92. The van der Waals surface area contributed by atoms with Gasteiger partial charge in [-0.25, -0.2) is 0 Å². The van der Waals surface area contributed by atoms with Crippen LogP contribution in [-0.4, -0.2) is 47.6 Å². The van der Waals surface area contributed by atoms with Crippen LogP contribution in [-0.2, 0) is 4.79 Å². The highest BCUT2D eigenvalue weighted by Crippen LogP contribution is 2.12. The molecule has 1 aromatic heterocycles. The maximum absolute atomic E-state index is 11.8. The number of carbonyl (C=O) groups excluding carboxylic acids is 1. The number of likely N-dealkylation sites (N-methyl/N-ethyl adjacent to an activating group) is 1. The monoisotopic (exact) mass is 296 g/mol. The van der Waals surface area contributed by atoms with Gasteiger partial charge in [0, 0.05) is 13.6 Å². The summed E-state index contributed by atoms with van der Waals surface area (Å²) in [5.41, 5.74) is 5.63. The van der Waals surface area contributed by atoms with Crippen LogP contribution in [0.5, 0.6) is 6.01 Å². The molecule has 0 radical (unpaired) electrons. The number of nitrogens with one attached hydrogen (secondary N) is 1. The van der Waals surface area contributed by atoms with Crippen molar-refractivity contribution in [2.24, 2.45) is 5.92 Å². The largest absolute Gasteiger partial charge is 0.463 e. The van der Waals surface area contributed by atoms with Crippen LogP contribution >= 0.6 is 0 Å². The number of amides is 1. The molecule has 0 saturated heterocycles. The second-order valence-electron chi connectivity index (χ2n) is 5.18. The van der Waals surface area contributed by atoms with E-state index in [1.54, 1.807) is 11.9 Å². The summed E-state index contributed by atoms with van der Waals surface area (Å²) in [5, 5.41) is 2.83. The highest BCUT2D eigenvalue weighted by atomic mass is 16.5. The topological polar surface area (TPSA) is 106 Å². The second kappa shape index (κ2) is 8.23. The zero-order valence-corrected chi connectivity index (χ0v) is 13.1. The van der Waals surface area contributed by atoms with Crippen LogP contribution in [0.15, 0.2) is 0 Å². The van der Waals surface area contributed by atoms with Crippen LogP contribution in [0.1, 0.15) is 27.2 Å². The fraction of sp³-hybridized carbons (Fsp3) is 0.692. The van der Waals surface area contributed by atoms with Crippen LogP contribution in [0, 0.1) is 5.92 Å². The molecule has 1 heterocycles. The van der Waals surface area contributed by atoms with E-state index in [-0.39, 0.29) is 24.4 Å². The molecule has 1 aromatic rings. The van der Waals surface area contributed by atoms with Gasteiger partial charge in [-0.1, -0.05) is 20.8 Å². The number of hydrogen-bond acceptors (Lipinski definition) is 7. The Morgan fingerprint density at radius 1 is 1.38 bits per heavy atom. The maximum atomic E-state index is 11.8. The smallest absolute Gasteiger partial charge is 0.323 e. The Balaban J connectivity index is 2.66. The van der Waals surface area contributed by atoms with Crippen LogP contribution in [0.25, 0.3) is 0 Å². The van der Waals surface area contributed by atoms with E-state index in [0.29, 0.717) is 25.0 Å². The average molecular weight is 296 g/mol. The van der Waals surface area contributed by atoms with Crippen LogP contribution in [0.2, 0.25) is 0 Å². The minimum absolute atomic E-state index is 0.0699. The number of nitrogens with two attached hydrogens (primary N) is 1. The molecule has 0 atom stereocenters. The fourth-order valence-electron chi connectivity index (χ4n) is 1.45. The van der Waals surface area contributed by atoms with Crippen molar-refractivity contribution in [1.29, 1.82) is 0 Å². The predicted octanol–water partition coefficient (Wildman–Crippen LogP) is 0.451. The number of aromatic nitrogens is 3. The van der Waals surface area contributed by atoms with E-state index in [4.69, 9.17) is 10.5 Å². The van der Waals surface area contributed by atoms with E-state index < -0.39 is 0 Å². The lowest BCUT2D eigenvalue weighted by molar-refractivity contribution is -0.119. The highest BCUT2D eigenvalue weighted by molar-refractivity contribution is 5.80. The molecule has 8 nitrogen and oxygen atoms in total. The van der Waals surface area contributed by atoms with E-state index in [9.17, 15) is 4.79 Å². The van der Waals surface area contributed by atoms with E-state index in [2.05, 4.69) is 20.3 Å². The molecule has 0 aliphatic rings. The Morgan fingerprint density at radius 3 is 2.71 bits per heavy atom. The van der Waals surface area contributed by atoms with Crippen molar-refractivity contribution < 1.29 is 9.53 Å². The molecule has 1 rings (SSSR count). The summed E-state index contributed by atoms with van der Waals surface area (Å²) in [7, 11) is 1.72. The Morgan fingerprint density at radius 2 is 2.10 bits per heavy atom. The second-order valence-corrected chi connectivity index (χ2v) is 5.18. The highest BCUT2D eigenvalue weighted by Gasteiger charge is 2.13. The van der Waals surface area contributed by atoms with E-state index in [0.717, 1.165) is 6.42 Å².